The zero-order chi connectivity index (χ0) is 20.8. The summed E-state index contributed by atoms with van der Waals surface area (Å²) in [4.78, 5) is 12.4. The molecule has 0 aliphatic heterocycles. The Morgan fingerprint density at radius 3 is 2.52 bits per heavy atom. The molecule has 0 radical (unpaired) electrons. The van der Waals surface area contributed by atoms with Crippen molar-refractivity contribution in [3.05, 3.63) is 91.0 Å². The number of aromatic nitrogens is 5. The van der Waals surface area contributed by atoms with Crippen LogP contribution in [0.1, 0.15) is 0 Å². The summed E-state index contributed by atoms with van der Waals surface area (Å²) in [5.74, 6) is -0.245. The first-order valence-electron chi connectivity index (χ1n) is 9.90. The van der Waals surface area contributed by atoms with Crippen LogP contribution in [-0.2, 0) is 0 Å². The molecular weight excluding hydrogens is 389 g/mol. The Labute approximate surface area is 176 Å². The lowest BCUT2D eigenvalue weighted by Crippen LogP contribution is -1.85. The average Bonchev–Trinajstić information content (AvgIpc) is 3.43. The van der Waals surface area contributed by atoms with Crippen molar-refractivity contribution in [2.24, 2.45) is 0 Å². The SMILES string of the molecule is Fc1ccc(-c2cccc3[nH]c(-c4[nH]nc5ncc(-c6ccccn6)cc45)cc23)cc1. The highest BCUT2D eigenvalue weighted by molar-refractivity contribution is 6.01. The van der Waals surface area contributed by atoms with Gasteiger partial charge in [-0.05, 0) is 53.6 Å². The zero-order valence-electron chi connectivity index (χ0n) is 16.3. The Kier molecular flexibility index (Phi) is 3.89. The van der Waals surface area contributed by atoms with Crippen molar-refractivity contribution in [3.8, 4) is 33.8 Å². The summed E-state index contributed by atoms with van der Waals surface area (Å²) in [5, 5.41) is 9.47. The molecule has 4 aromatic heterocycles. The summed E-state index contributed by atoms with van der Waals surface area (Å²) in [6.07, 6.45) is 3.55. The highest BCUT2D eigenvalue weighted by Gasteiger charge is 2.14. The quantitative estimate of drug-likeness (QED) is 0.381. The maximum Gasteiger partial charge on any atom is 0.181 e. The number of hydrogen-bond acceptors (Lipinski definition) is 3. The second-order valence-corrected chi connectivity index (χ2v) is 7.37. The molecule has 6 heteroatoms. The summed E-state index contributed by atoms with van der Waals surface area (Å²) in [6.45, 7) is 0. The van der Waals surface area contributed by atoms with E-state index in [1.807, 2.05) is 36.4 Å². The van der Waals surface area contributed by atoms with Gasteiger partial charge in [-0.2, -0.15) is 5.10 Å². The molecule has 0 saturated carbocycles. The van der Waals surface area contributed by atoms with Gasteiger partial charge in [0.05, 0.1) is 17.1 Å². The molecule has 0 fully saturated rings. The van der Waals surface area contributed by atoms with Gasteiger partial charge in [-0.15, -0.1) is 0 Å². The molecule has 148 valence electrons. The molecule has 0 amide bonds. The first-order valence-corrected chi connectivity index (χ1v) is 9.90. The molecule has 6 rings (SSSR count). The van der Waals surface area contributed by atoms with Gasteiger partial charge in [-0.3, -0.25) is 10.1 Å². The minimum atomic E-state index is -0.245. The van der Waals surface area contributed by atoms with Crippen molar-refractivity contribution in [2.45, 2.75) is 0 Å². The van der Waals surface area contributed by atoms with E-state index in [0.29, 0.717) is 5.65 Å². The topological polar surface area (TPSA) is 70.2 Å². The molecule has 0 bridgehead atoms. The van der Waals surface area contributed by atoms with E-state index in [-0.39, 0.29) is 5.82 Å². The van der Waals surface area contributed by atoms with Gasteiger partial charge in [0.2, 0.25) is 0 Å². The number of H-pyrrole nitrogens is 2. The average molecular weight is 405 g/mol. The molecule has 5 nitrogen and oxygen atoms in total. The summed E-state index contributed by atoms with van der Waals surface area (Å²) >= 11 is 0. The summed E-state index contributed by atoms with van der Waals surface area (Å²) in [5.41, 5.74) is 7.20. The molecule has 0 aliphatic rings. The fourth-order valence-electron chi connectivity index (χ4n) is 3.95. The molecule has 2 N–H and O–H groups in total. The monoisotopic (exact) mass is 405 g/mol. The number of nitrogens with zero attached hydrogens (tertiary/aromatic N) is 3. The third-order valence-electron chi connectivity index (χ3n) is 5.46. The zero-order valence-corrected chi connectivity index (χ0v) is 16.3. The predicted octanol–water partition coefficient (Wildman–Crippen LogP) is 5.97. The maximum absolute atomic E-state index is 13.4. The predicted molar refractivity (Wildman–Crippen MR) is 120 cm³/mol. The molecule has 0 unspecified atom stereocenters. The number of hydrogen-bond donors (Lipinski definition) is 2. The van der Waals surface area contributed by atoms with Gasteiger partial charge in [0, 0.05) is 34.2 Å². The third-order valence-corrected chi connectivity index (χ3v) is 5.46. The van der Waals surface area contributed by atoms with Crippen molar-refractivity contribution < 1.29 is 4.39 Å². The summed E-state index contributed by atoms with van der Waals surface area (Å²) < 4.78 is 13.4. The highest BCUT2D eigenvalue weighted by atomic mass is 19.1. The minimum absolute atomic E-state index is 0.245. The number of nitrogens with one attached hydrogen (secondary N) is 2. The normalized spacial score (nSPS) is 11.4. The van der Waals surface area contributed by atoms with Crippen molar-refractivity contribution in [3.63, 3.8) is 0 Å². The van der Waals surface area contributed by atoms with E-state index in [0.717, 1.165) is 50.1 Å². The fourth-order valence-corrected chi connectivity index (χ4v) is 3.95. The minimum Gasteiger partial charge on any atom is -0.353 e. The molecule has 6 aromatic rings. The van der Waals surface area contributed by atoms with Crippen LogP contribution >= 0.6 is 0 Å². The Morgan fingerprint density at radius 1 is 0.774 bits per heavy atom. The number of fused-ring (bicyclic) bond motifs is 2. The number of halogens is 1. The fraction of sp³-hybridized carbons (Fsp3) is 0. The maximum atomic E-state index is 13.4. The molecule has 31 heavy (non-hydrogen) atoms. The van der Waals surface area contributed by atoms with E-state index in [9.17, 15) is 4.39 Å². The van der Waals surface area contributed by atoms with Crippen molar-refractivity contribution in [1.29, 1.82) is 0 Å². The van der Waals surface area contributed by atoms with Gasteiger partial charge >= 0.3 is 0 Å². The Bertz CT molecular complexity index is 1530. The van der Waals surface area contributed by atoms with Crippen LogP contribution in [0, 0.1) is 5.82 Å². The lowest BCUT2D eigenvalue weighted by Gasteiger charge is -2.03. The Balaban J connectivity index is 1.51. The number of benzene rings is 2. The first kappa shape index (κ1) is 17.5. The van der Waals surface area contributed by atoms with Crippen molar-refractivity contribution >= 4 is 21.9 Å². The van der Waals surface area contributed by atoms with Crippen LogP contribution in [0.4, 0.5) is 4.39 Å². The third kappa shape index (κ3) is 2.97. The van der Waals surface area contributed by atoms with E-state index in [1.165, 1.54) is 12.1 Å². The van der Waals surface area contributed by atoms with Gasteiger partial charge in [-0.1, -0.05) is 30.3 Å². The smallest absolute Gasteiger partial charge is 0.181 e. The second kappa shape index (κ2) is 6.88. The van der Waals surface area contributed by atoms with Gasteiger partial charge < -0.3 is 4.98 Å². The van der Waals surface area contributed by atoms with Gasteiger partial charge in [0.25, 0.3) is 0 Å². The number of rotatable bonds is 3. The Morgan fingerprint density at radius 2 is 1.68 bits per heavy atom. The standard InChI is InChI=1S/C25H16FN5/c26-17-9-7-15(8-10-17)18-4-3-6-22-19(18)13-23(29-22)24-20-12-16(14-28-25(20)31-30-24)21-5-1-2-11-27-21/h1-14,29H,(H,28,30,31). The van der Waals surface area contributed by atoms with Crippen LogP contribution in [0.2, 0.25) is 0 Å². The number of pyridine rings is 2. The molecule has 4 heterocycles. The van der Waals surface area contributed by atoms with E-state index in [4.69, 9.17) is 0 Å². The van der Waals surface area contributed by atoms with E-state index < -0.39 is 0 Å². The van der Waals surface area contributed by atoms with Crippen molar-refractivity contribution in [2.75, 3.05) is 0 Å². The van der Waals surface area contributed by atoms with Crippen LogP contribution in [0.15, 0.2) is 85.2 Å². The molecule has 0 saturated heterocycles. The highest BCUT2D eigenvalue weighted by Crippen LogP contribution is 2.34. The van der Waals surface area contributed by atoms with Gasteiger partial charge in [0.1, 0.15) is 5.82 Å². The summed E-state index contributed by atoms with van der Waals surface area (Å²) in [7, 11) is 0. The van der Waals surface area contributed by atoms with Crippen molar-refractivity contribution in [1.82, 2.24) is 25.1 Å². The number of aromatic amines is 2. The molecule has 0 spiro atoms. The second-order valence-electron chi connectivity index (χ2n) is 7.37. The van der Waals surface area contributed by atoms with E-state index >= 15 is 0 Å². The van der Waals surface area contributed by atoms with Crippen LogP contribution in [0.25, 0.3) is 55.7 Å². The largest absolute Gasteiger partial charge is 0.353 e. The van der Waals surface area contributed by atoms with E-state index in [2.05, 4.69) is 37.3 Å². The molecule has 2 aromatic carbocycles. The summed E-state index contributed by atoms with van der Waals surface area (Å²) in [6, 6.07) is 22.6. The van der Waals surface area contributed by atoms with Crippen LogP contribution in [0.5, 0.6) is 0 Å². The van der Waals surface area contributed by atoms with Gasteiger partial charge in [-0.25, -0.2) is 9.37 Å². The van der Waals surface area contributed by atoms with Gasteiger partial charge in [0.15, 0.2) is 5.65 Å². The Hall–Kier alpha value is -4.32. The van der Waals surface area contributed by atoms with Crippen LogP contribution < -0.4 is 0 Å². The molecule has 0 atom stereocenters. The first-order chi connectivity index (χ1) is 15.3. The lowest BCUT2D eigenvalue weighted by atomic mass is 10.0. The van der Waals surface area contributed by atoms with Crippen LogP contribution in [0.3, 0.4) is 0 Å². The molecule has 0 aliphatic carbocycles. The van der Waals surface area contributed by atoms with Crippen LogP contribution in [-0.4, -0.2) is 25.1 Å². The lowest BCUT2D eigenvalue weighted by molar-refractivity contribution is 0.628. The molecular formula is C25H16FN5. The van der Waals surface area contributed by atoms with E-state index in [1.54, 1.807) is 24.5 Å².